The molecule has 0 saturated carbocycles. The average Bonchev–Trinajstić information content (AvgIpc) is 2.56. The molecule has 0 atom stereocenters. The Kier molecular flexibility index (Phi) is 3.89. The number of likely N-dealkylation sites (tertiary alicyclic amines) is 1. The van der Waals surface area contributed by atoms with Crippen molar-refractivity contribution in [3.8, 4) is 0 Å². The molecule has 6 nitrogen and oxygen atoms in total. The van der Waals surface area contributed by atoms with E-state index < -0.39 is 17.8 Å². The molecule has 0 radical (unpaired) electrons. The average molecular weight is 267 g/mol. The van der Waals surface area contributed by atoms with Crippen molar-refractivity contribution in [2.75, 3.05) is 19.8 Å². The molecule has 2 rings (SSSR count). The predicted molar refractivity (Wildman–Crippen MR) is 69.1 cm³/mol. The first kappa shape index (κ1) is 14.0. The molecular weight excluding hydrogens is 246 g/mol. The third-order valence-electron chi connectivity index (χ3n) is 3.82. The normalized spacial score (nSPS) is 23.1. The molecule has 2 aliphatic rings. The number of carbonyl (C=O) groups excluding carboxylic acids is 3. The highest BCUT2D eigenvalue weighted by Crippen LogP contribution is 2.19. The monoisotopic (exact) mass is 267 g/mol. The van der Waals surface area contributed by atoms with Crippen molar-refractivity contribution in [3.63, 3.8) is 0 Å². The summed E-state index contributed by atoms with van der Waals surface area (Å²) >= 11 is 0. The van der Waals surface area contributed by atoms with Gasteiger partial charge in [-0.3, -0.25) is 19.4 Å². The highest BCUT2D eigenvalue weighted by atomic mass is 16.2. The molecule has 106 valence electrons. The number of rotatable bonds is 3. The summed E-state index contributed by atoms with van der Waals surface area (Å²) in [7, 11) is 0. The van der Waals surface area contributed by atoms with Gasteiger partial charge in [-0.05, 0) is 32.6 Å². The van der Waals surface area contributed by atoms with Crippen LogP contribution in [0.4, 0.5) is 4.79 Å². The molecule has 19 heavy (non-hydrogen) atoms. The molecule has 4 amide bonds. The van der Waals surface area contributed by atoms with Gasteiger partial charge >= 0.3 is 17.8 Å². The number of imide groups is 2. The maximum absolute atomic E-state index is 12.1. The summed E-state index contributed by atoms with van der Waals surface area (Å²) in [5.74, 6) is -0.710. The Labute approximate surface area is 113 Å². The van der Waals surface area contributed by atoms with Crippen molar-refractivity contribution in [2.24, 2.45) is 5.92 Å². The Bertz CT molecular complexity index is 400. The number of hydrogen-bond acceptors (Lipinski definition) is 4. The summed E-state index contributed by atoms with van der Waals surface area (Å²) in [5, 5.41) is 0. The van der Waals surface area contributed by atoms with Gasteiger partial charge in [-0.25, -0.2) is 9.69 Å². The molecule has 2 aliphatic heterocycles. The van der Waals surface area contributed by atoms with Crippen LogP contribution >= 0.6 is 0 Å². The summed E-state index contributed by atoms with van der Waals surface area (Å²) in [6.07, 6.45) is 2.14. The zero-order valence-electron chi connectivity index (χ0n) is 11.8. The first-order valence-electron chi connectivity index (χ1n) is 6.83. The standard InChI is InChI=1S/C13H21N3O3/c1-9(2)16-12(18)11(17)15(13(16)19)8-14-6-4-10(3)5-7-14/h9-10H,4-8H2,1-3H3. The van der Waals surface area contributed by atoms with Gasteiger partial charge in [0.2, 0.25) is 0 Å². The lowest BCUT2D eigenvalue weighted by Crippen LogP contribution is -2.45. The quantitative estimate of drug-likeness (QED) is 0.562. The van der Waals surface area contributed by atoms with E-state index in [-0.39, 0.29) is 12.7 Å². The van der Waals surface area contributed by atoms with Gasteiger partial charge in [-0.15, -0.1) is 0 Å². The molecule has 2 fully saturated rings. The molecule has 2 saturated heterocycles. The van der Waals surface area contributed by atoms with E-state index >= 15 is 0 Å². The summed E-state index contributed by atoms with van der Waals surface area (Å²) in [6, 6.07) is -0.765. The topological polar surface area (TPSA) is 60.9 Å². The molecule has 0 spiro atoms. The molecule has 6 heteroatoms. The largest absolute Gasteiger partial charge is 0.335 e. The van der Waals surface area contributed by atoms with Crippen molar-refractivity contribution < 1.29 is 14.4 Å². The molecule has 2 heterocycles. The van der Waals surface area contributed by atoms with Crippen LogP contribution in [0, 0.1) is 5.92 Å². The Hall–Kier alpha value is -1.43. The summed E-state index contributed by atoms with van der Waals surface area (Å²) < 4.78 is 0. The predicted octanol–water partition coefficient (Wildman–Crippen LogP) is 0.875. The fourth-order valence-corrected chi connectivity index (χ4v) is 2.51. The van der Waals surface area contributed by atoms with Gasteiger partial charge in [0.1, 0.15) is 0 Å². The summed E-state index contributed by atoms with van der Waals surface area (Å²) in [5.41, 5.74) is 0. The second kappa shape index (κ2) is 5.28. The number of amides is 4. The van der Waals surface area contributed by atoms with E-state index in [1.54, 1.807) is 13.8 Å². The van der Waals surface area contributed by atoms with Gasteiger partial charge in [0.15, 0.2) is 0 Å². The zero-order chi connectivity index (χ0) is 14.2. The fourth-order valence-electron chi connectivity index (χ4n) is 2.51. The zero-order valence-corrected chi connectivity index (χ0v) is 11.8. The van der Waals surface area contributed by atoms with Crippen LogP contribution in [0.1, 0.15) is 33.6 Å². The van der Waals surface area contributed by atoms with E-state index in [0.717, 1.165) is 35.7 Å². The lowest BCUT2D eigenvalue weighted by atomic mass is 10.00. The minimum Gasteiger partial charge on any atom is -0.285 e. The van der Waals surface area contributed by atoms with Crippen molar-refractivity contribution in [3.05, 3.63) is 0 Å². The van der Waals surface area contributed by atoms with E-state index in [4.69, 9.17) is 0 Å². The van der Waals surface area contributed by atoms with Crippen LogP contribution in [0.2, 0.25) is 0 Å². The molecule has 0 aliphatic carbocycles. The Morgan fingerprint density at radius 3 is 2.16 bits per heavy atom. The smallest absolute Gasteiger partial charge is 0.285 e. The third kappa shape index (κ3) is 2.63. The minimum atomic E-state index is -0.703. The molecule has 0 aromatic heterocycles. The van der Waals surface area contributed by atoms with Crippen molar-refractivity contribution in [1.82, 2.24) is 14.7 Å². The molecule has 0 unspecified atom stereocenters. The second-order valence-electron chi connectivity index (χ2n) is 5.73. The van der Waals surface area contributed by atoms with Crippen LogP contribution < -0.4 is 0 Å². The van der Waals surface area contributed by atoms with Crippen molar-refractivity contribution in [1.29, 1.82) is 0 Å². The molecular formula is C13H21N3O3. The summed E-state index contributed by atoms with van der Waals surface area (Å²) in [6.45, 7) is 7.64. The van der Waals surface area contributed by atoms with Gasteiger partial charge < -0.3 is 0 Å². The first-order chi connectivity index (χ1) is 8.91. The summed E-state index contributed by atoms with van der Waals surface area (Å²) in [4.78, 5) is 39.9. The van der Waals surface area contributed by atoms with E-state index in [1.807, 2.05) is 0 Å². The van der Waals surface area contributed by atoms with Gasteiger partial charge in [-0.1, -0.05) is 6.92 Å². The van der Waals surface area contributed by atoms with Crippen LogP contribution in [0.15, 0.2) is 0 Å². The number of carbonyl (C=O) groups is 3. The third-order valence-corrected chi connectivity index (χ3v) is 3.82. The number of hydrogen-bond donors (Lipinski definition) is 0. The van der Waals surface area contributed by atoms with Crippen LogP contribution in [-0.2, 0) is 9.59 Å². The first-order valence-corrected chi connectivity index (χ1v) is 6.83. The molecule has 0 bridgehead atoms. The van der Waals surface area contributed by atoms with E-state index in [1.165, 1.54) is 0 Å². The van der Waals surface area contributed by atoms with E-state index in [9.17, 15) is 14.4 Å². The number of urea groups is 1. The van der Waals surface area contributed by atoms with Crippen molar-refractivity contribution in [2.45, 2.75) is 39.7 Å². The van der Waals surface area contributed by atoms with Crippen LogP contribution in [0.3, 0.4) is 0 Å². The maximum atomic E-state index is 12.1. The Morgan fingerprint density at radius 1 is 1.11 bits per heavy atom. The van der Waals surface area contributed by atoms with Gasteiger partial charge in [0, 0.05) is 19.1 Å². The molecule has 0 aromatic rings. The molecule has 0 aromatic carbocycles. The number of nitrogens with zero attached hydrogens (tertiary/aromatic N) is 3. The highest BCUT2D eigenvalue weighted by molar-refractivity contribution is 6.44. The lowest BCUT2D eigenvalue weighted by Gasteiger charge is -2.32. The van der Waals surface area contributed by atoms with Gasteiger partial charge in [0.05, 0.1) is 6.67 Å². The fraction of sp³-hybridized carbons (Fsp3) is 0.769. The van der Waals surface area contributed by atoms with E-state index in [2.05, 4.69) is 11.8 Å². The Morgan fingerprint density at radius 2 is 1.68 bits per heavy atom. The van der Waals surface area contributed by atoms with Crippen LogP contribution in [0.25, 0.3) is 0 Å². The van der Waals surface area contributed by atoms with Gasteiger partial charge in [-0.2, -0.15) is 0 Å². The van der Waals surface area contributed by atoms with Crippen molar-refractivity contribution >= 4 is 17.8 Å². The van der Waals surface area contributed by atoms with Crippen LogP contribution in [0.5, 0.6) is 0 Å². The van der Waals surface area contributed by atoms with E-state index in [0.29, 0.717) is 5.92 Å². The minimum absolute atomic E-state index is 0.235. The SMILES string of the molecule is CC1CCN(CN2C(=O)C(=O)N(C(C)C)C2=O)CC1. The van der Waals surface area contributed by atoms with Gasteiger partial charge in [0.25, 0.3) is 0 Å². The highest BCUT2D eigenvalue weighted by Gasteiger charge is 2.46. The number of piperidine rings is 1. The lowest BCUT2D eigenvalue weighted by molar-refractivity contribution is -0.144. The Balaban J connectivity index is 2.02. The molecule has 0 N–H and O–H groups in total. The maximum Gasteiger partial charge on any atom is 0.335 e. The second-order valence-corrected chi connectivity index (χ2v) is 5.73. The van der Waals surface area contributed by atoms with Crippen LogP contribution in [-0.4, -0.2) is 58.3 Å².